The van der Waals surface area contributed by atoms with Crippen LogP contribution < -0.4 is 10.2 Å². The van der Waals surface area contributed by atoms with Crippen LogP contribution in [0.15, 0.2) is 30.3 Å². The van der Waals surface area contributed by atoms with Crippen LogP contribution in [-0.4, -0.2) is 61.2 Å². The zero-order chi connectivity index (χ0) is 17.4. The molecule has 1 aromatic rings. The van der Waals surface area contributed by atoms with Gasteiger partial charge in [-0.15, -0.1) is 0 Å². The number of amides is 1. The average molecular weight is 333 g/mol. The number of carboxylic acids is 1. The Kier molecular flexibility index (Phi) is 7.06. The first-order valence-corrected chi connectivity index (χ1v) is 8.57. The van der Waals surface area contributed by atoms with Gasteiger partial charge in [-0.05, 0) is 37.9 Å². The minimum Gasteiger partial charge on any atom is -0.480 e. The van der Waals surface area contributed by atoms with Gasteiger partial charge in [0.15, 0.2) is 0 Å². The standard InChI is InChI=1S/C18H27N3O3/c1-20(15-8-3-2-4-9-15)12-7-11-19-17(22)14-21-13-6-5-10-16(21)18(23)24/h2-4,8-9,16H,5-7,10-14H2,1H3,(H,19,22)(H,23,24). The van der Waals surface area contributed by atoms with Crippen molar-refractivity contribution in [3.05, 3.63) is 30.3 Å². The van der Waals surface area contributed by atoms with Crippen molar-refractivity contribution in [1.29, 1.82) is 0 Å². The molecule has 1 unspecified atom stereocenters. The van der Waals surface area contributed by atoms with Crippen molar-refractivity contribution in [1.82, 2.24) is 10.2 Å². The number of piperidine rings is 1. The van der Waals surface area contributed by atoms with Crippen LogP contribution in [-0.2, 0) is 9.59 Å². The molecular weight excluding hydrogens is 306 g/mol. The third-order valence-corrected chi connectivity index (χ3v) is 4.43. The van der Waals surface area contributed by atoms with E-state index in [9.17, 15) is 14.7 Å². The Morgan fingerprint density at radius 3 is 2.75 bits per heavy atom. The third kappa shape index (κ3) is 5.53. The van der Waals surface area contributed by atoms with Gasteiger partial charge in [-0.1, -0.05) is 24.6 Å². The monoisotopic (exact) mass is 333 g/mol. The van der Waals surface area contributed by atoms with E-state index in [0.717, 1.165) is 31.5 Å². The summed E-state index contributed by atoms with van der Waals surface area (Å²) in [6.45, 7) is 2.31. The number of nitrogens with one attached hydrogen (secondary N) is 1. The fraction of sp³-hybridized carbons (Fsp3) is 0.556. The van der Waals surface area contributed by atoms with Crippen molar-refractivity contribution in [3.8, 4) is 0 Å². The van der Waals surface area contributed by atoms with Crippen molar-refractivity contribution in [2.24, 2.45) is 0 Å². The number of carbonyl (C=O) groups is 2. The molecule has 2 N–H and O–H groups in total. The highest BCUT2D eigenvalue weighted by Crippen LogP contribution is 2.16. The lowest BCUT2D eigenvalue weighted by Crippen LogP contribution is -2.49. The number of aliphatic carboxylic acids is 1. The number of carboxylic acid groups (broad SMARTS) is 1. The van der Waals surface area contributed by atoms with Crippen LogP contribution in [0.4, 0.5) is 5.69 Å². The largest absolute Gasteiger partial charge is 0.480 e. The molecule has 1 amide bonds. The quantitative estimate of drug-likeness (QED) is 0.707. The number of hydrogen-bond donors (Lipinski definition) is 2. The van der Waals surface area contributed by atoms with Crippen molar-refractivity contribution in [2.75, 3.05) is 38.1 Å². The zero-order valence-electron chi connectivity index (χ0n) is 14.3. The molecule has 1 heterocycles. The minimum absolute atomic E-state index is 0.0921. The Labute approximate surface area is 143 Å². The van der Waals surface area contributed by atoms with Gasteiger partial charge in [0.1, 0.15) is 6.04 Å². The fourth-order valence-corrected chi connectivity index (χ4v) is 3.06. The highest BCUT2D eigenvalue weighted by molar-refractivity contribution is 5.80. The molecule has 1 aromatic carbocycles. The molecule has 0 aliphatic carbocycles. The summed E-state index contributed by atoms with van der Waals surface area (Å²) in [4.78, 5) is 27.2. The molecule has 1 aliphatic heterocycles. The van der Waals surface area contributed by atoms with E-state index in [1.807, 2.05) is 25.2 Å². The Morgan fingerprint density at radius 2 is 2.04 bits per heavy atom. The first kappa shape index (κ1) is 18.3. The van der Waals surface area contributed by atoms with Crippen LogP contribution in [0.3, 0.4) is 0 Å². The molecular formula is C18H27N3O3. The Bertz CT molecular complexity index is 536. The summed E-state index contributed by atoms with van der Waals surface area (Å²) < 4.78 is 0. The molecule has 0 radical (unpaired) electrons. The summed E-state index contributed by atoms with van der Waals surface area (Å²) in [5.41, 5.74) is 1.15. The zero-order valence-corrected chi connectivity index (χ0v) is 14.3. The summed E-state index contributed by atoms with van der Waals surface area (Å²) in [5.74, 6) is -0.919. The predicted octanol–water partition coefficient (Wildman–Crippen LogP) is 1.57. The highest BCUT2D eigenvalue weighted by Gasteiger charge is 2.29. The van der Waals surface area contributed by atoms with Gasteiger partial charge >= 0.3 is 5.97 Å². The van der Waals surface area contributed by atoms with Gasteiger partial charge in [0.2, 0.25) is 5.91 Å². The normalized spacial score (nSPS) is 18.1. The van der Waals surface area contributed by atoms with Crippen molar-refractivity contribution < 1.29 is 14.7 Å². The number of benzene rings is 1. The van der Waals surface area contributed by atoms with E-state index in [1.54, 1.807) is 4.90 Å². The van der Waals surface area contributed by atoms with Gasteiger partial charge in [0, 0.05) is 25.8 Å². The minimum atomic E-state index is -0.827. The molecule has 6 nitrogen and oxygen atoms in total. The van der Waals surface area contributed by atoms with Gasteiger partial charge in [-0.25, -0.2) is 0 Å². The van der Waals surface area contributed by atoms with Crippen LogP contribution in [0, 0.1) is 0 Å². The molecule has 0 spiro atoms. The molecule has 1 saturated heterocycles. The SMILES string of the molecule is CN(CCCNC(=O)CN1CCCCC1C(=O)O)c1ccccc1. The van der Waals surface area contributed by atoms with E-state index in [2.05, 4.69) is 22.3 Å². The van der Waals surface area contributed by atoms with Crippen LogP contribution in [0.25, 0.3) is 0 Å². The number of likely N-dealkylation sites (tertiary alicyclic amines) is 1. The van der Waals surface area contributed by atoms with Crippen molar-refractivity contribution in [3.63, 3.8) is 0 Å². The number of rotatable bonds is 8. The predicted molar refractivity (Wildman–Crippen MR) is 94.2 cm³/mol. The maximum atomic E-state index is 12.0. The van der Waals surface area contributed by atoms with Gasteiger partial charge in [-0.2, -0.15) is 0 Å². The molecule has 0 aromatic heterocycles. The van der Waals surface area contributed by atoms with Gasteiger partial charge < -0.3 is 15.3 Å². The maximum Gasteiger partial charge on any atom is 0.320 e. The number of anilines is 1. The van der Waals surface area contributed by atoms with E-state index in [0.29, 0.717) is 19.5 Å². The van der Waals surface area contributed by atoms with Crippen LogP contribution >= 0.6 is 0 Å². The van der Waals surface area contributed by atoms with Gasteiger partial charge in [0.05, 0.1) is 6.54 Å². The van der Waals surface area contributed by atoms with E-state index >= 15 is 0 Å². The lowest BCUT2D eigenvalue weighted by molar-refractivity contribution is -0.145. The van der Waals surface area contributed by atoms with E-state index in [1.165, 1.54) is 0 Å². The number of para-hydroxylation sites is 1. The first-order valence-electron chi connectivity index (χ1n) is 8.57. The van der Waals surface area contributed by atoms with E-state index in [-0.39, 0.29) is 12.5 Å². The Hall–Kier alpha value is -2.08. The van der Waals surface area contributed by atoms with Crippen molar-refractivity contribution in [2.45, 2.75) is 31.7 Å². The van der Waals surface area contributed by atoms with Gasteiger partial charge in [-0.3, -0.25) is 14.5 Å². The molecule has 0 saturated carbocycles. The molecule has 1 aliphatic rings. The highest BCUT2D eigenvalue weighted by atomic mass is 16.4. The topological polar surface area (TPSA) is 72.9 Å². The summed E-state index contributed by atoms with van der Waals surface area (Å²) in [6.07, 6.45) is 3.35. The average Bonchev–Trinajstić information content (AvgIpc) is 2.59. The molecule has 6 heteroatoms. The van der Waals surface area contributed by atoms with Crippen LogP contribution in [0.2, 0.25) is 0 Å². The second-order valence-corrected chi connectivity index (χ2v) is 6.28. The second-order valence-electron chi connectivity index (χ2n) is 6.28. The summed E-state index contributed by atoms with van der Waals surface area (Å²) in [7, 11) is 2.03. The van der Waals surface area contributed by atoms with E-state index in [4.69, 9.17) is 0 Å². The smallest absolute Gasteiger partial charge is 0.320 e. The molecule has 1 fully saturated rings. The van der Waals surface area contributed by atoms with Gasteiger partial charge in [0.25, 0.3) is 0 Å². The Balaban J connectivity index is 1.67. The Morgan fingerprint density at radius 1 is 1.29 bits per heavy atom. The molecule has 1 atom stereocenters. The first-order chi connectivity index (χ1) is 11.6. The molecule has 2 rings (SSSR count). The van der Waals surface area contributed by atoms with Crippen LogP contribution in [0.1, 0.15) is 25.7 Å². The summed E-state index contributed by atoms with van der Waals surface area (Å²) in [5, 5.41) is 12.1. The lowest BCUT2D eigenvalue weighted by Gasteiger charge is -2.32. The number of carbonyl (C=O) groups excluding carboxylic acids is 1. The summed E-state index contributed by atoms with van der Waals surface area (Å²) >= 11 is 0. The number of hydrogen-bond acceptors (Lipinski definition) is 4. The molecule has 132 valence electrons. The van der Waals surface area contributed by atoms with E-state index < -0.39 is 12.0 Å². The lowest BCUT2D eigenvalue weighted by atomic mass is 10.0. The van der Waals surface area contributed by atoms with Crippen molar-refractivity contribution >= 4 is 17.6 Å². The third-order valence-electron chi connectivity index (χ3n) is 4.43. The summed E-state index contributed by atoms with van der Waals surface area (Å²) in [6, 6.07) is 9.59. The molecule has 24 heavy (non-hydrogen) atoms. The van der Waals surface area contributed by atoms with Crippen LogP contribution in [0.5, 0.6) is 0 Å². The molecule has 0 bridgehead atoms. The second kappa shape index (κ2) is 9.27. The maximum absolute atomic E-state index is 12.0. The number of nitrogens with zero attached hydrogens (tertiary/aromatic N) is 2. The fourth-order valence-electron chi connectivity index (χ4n) is 3.06.